The fourth-order valence-corrected chi connectivity index (χ4v) is 8.73. The summed E-state index contributed by atoms with van der Waals surface area (Å²) in [6.45, 7) is 5.95. The number of aliphatic hydroxyl groups excluding tert-OH is 2. The highest BCUT2D eigenvalue weighted by Gasteiger charge is 2.50. The molecule has 0 radical (unpaired) electrons. The van der Waals surface area contributed by atoms with Crippen molar-refractivity contribution in [2.45, 2.75) is 302 Å². The number of allylic oxidation sites excluding steroid dienone is 6. The lowest BCUT2D eigenvalue weighted by Gasteiger charge is -2.40. The summed E-state index contributed by atoms with van der Waals surface area (Å²) >= 11 is 0. The van der Waals surface area contributed by atoms with Crippen molar-refractivity contribution in [3.8, 4) is 0 Å². The van der Waals surface area contributed by atoms with Crippen LogP contribution in [0.5, 0.6) is 0 Å². The molecule has 3 N–H and O–H groups in total. The highest BCUT2D eigenvalue weighted by atomic mass is 16.7. The van der Waals surface area contributed by atoms with Gasteiger partial charge in [-0.3, -0.25) is 14.4 Å². The van der Waals surface area contributed by atoms with E-state index in [4.69, 9.17) is 23.7 Å². The maximum absolute atomic E-state index is 13.1. The van der Waals surface area contributed by atoms with Crippen LogP contribution in [0.2, 0.25) is 0 Å². The molecule has 12 nitrogen and oxygen atoms in total. The number of carboxylic acid groups (broad SMARTS) is 1. The zero-order valence-corrected chi connectivity index (χ0v) is 45.2. The number of carboxylic acids is 1. The van der Waals surface area contributed by atoms with Gasteiger partial charge >= 0.3 is 23.9 Å². The van der Waals surface area contributed by atoms with Crippen molar-refractivity contribution in [3.63, 3.8) is 0 Å². The van der Waals surface area contributed by atoms with Gasteiger partial charge in [-0.25, -0.2) is 4.79 Å². The number of carbonyl (C=O) groups is 4. The number of esters is 3. The van der Waals surface area contributed by atoms with E-state index in [1.54, 1.807) is 0 Å². The lowest BCUT2D eigenvalue weighted by atomic mass is 9.98. The van der Waals surface area contributed by atoms with Crippen LogP contribution in [0.3, 0.4) is 0 Å². The smallest absolute Gasteiger partial charge is 0.335 e. The summed E-state index contributed by atoms with van der Waals surface area (Å²) in [7, 11) is 0. The molecule has 12 heteroatoms. The maximum atomic E-state index is 13.1. The summed E-state index contributed by atoms with van der Waals surface area (Å²) in [4.78, 5) is 50.9. The van der Waals surface area contributed by atoms with E-state index >= 15 is 0 Å². The Bertz CT molecular complexity index is 1380. The topological polar surface area (TPSA) is 175 Å². The molecule has 412 valence electrons. The summed E-state index contributed by atoms with van der Waals surface area (Å²) in [5, 5.41) is 31.4. The first-order valence-electron chi connectivity index (χ1n) is 29.0. The second kappa shape index (κ2) is 47.9. The number of ether oxygens (including phenoxy) is 5. The molecule has 0 amide bonds. The molecule has 0 aromatic carbocycles. The predicted molar refractivity (Wildman–Crippen MR) is 285 cm³/mol. The molecule has 1 aliphatic rings. The van der Waals surface area contributed by atoms with Crippen LogP contribution in [-0.4, -0.2) is 89.2 Å². The van der Waals surface area contributed by atoms with E-state index in [2.05, 4.69) is 57.2 Å². The number of hydrogen-bond donors (Lipinski definition) is 3. The third kappa shape index (κ3) is 38.2. The van der Waals surface area contributed by atoms with Gasteiger partial charge in [-0.15, -0.1) is 0 Å². The molecule has 1 aliphatic heterocycles. The van der Waals surface area contributed by atoms with Gasteiger partial charge in [0.05, 0.1) is 6.61 Å². The standard InChI is InChI=1S/C59H104O12/c1-4-7-10-13-16-19-22-23-24-25-26-27-28-29-32-35-38-41-44-47-53(62)70-57-55(64)54(63)56(58(65)66)71-59(57)68-49-50(69-52(61)46-43-40-37-34-31-21-18-15-12-9-6-3)48-67-51(60)45-42-39-36-33-30-20-17-14-11-8-5-2/h16,19,23-24,26-27,50,54-57,59,63-64H,4-15,17-18,20-22,25,28-49H2,1-3H3,(H,65,66)/b19-16-,24-23-,27-26-. The number of hydrogen-bond acceptors (Lipinski definition) is 11. The fraction of sp³-hybridized carbons (Fsp3) is 0.831. The Hall–Kier alpha value is -3.06. The van der Waals surface area contributed by atoms with Gasteiger partial charge < -0.3 is 39.0 Å². The van der Waals surface area contributed by atoms with Crippen LogP contribution in [0.4, 0.5) is 0 Å². The van der Waals surface area contributed by atoms with E-state index in [9.17, 15) is 34.5 Å². The third-order valence-electron chi connectivity index (χ3n) is 13.2. The van der Waals surface area contributed by atoms with Crippen molar-refractivity contribution in [2.75, 3.05) is 13.2 Å². The Labute approximate surface area is 431 Å². The average Bonchev–Trinajstić information content (AvgIpc) is 3.35. The number of aliphatic hydroxyl groups is 2. The minimum atomic E-state index is -1.90. The second-order valence-corrected chi connectivity index (χ2v) is 19.9. The van der Waals surface area contributed by atoms with Crippen molar-refractivity contribution in [1.29, 1.82) is 0 Å². The molecular formula is C59H104O12. The molecule has 1 fully saturated rings. The number of carbonyl (C=O) groups excluding carboxylic acids is 3. The van der Waals surface area contributed by atoms with Crippen molar-refractivity contribution < 1.29 is 58.2 Å². The molecule has 0 saturated carbocycles. The van der Waals surface area contributed by atoms with Gasteiger partial charge in [-0.05, 0) is 57.8 Å². The Morgan fingerprint density at radius 2 is 0.845 bits per heavy atom. The molecule has 0 spiro atoms. The lowest BCUT2D eigenvalue weighted by Crippen LogP contribution is -2.61. The van der Waals surface area contributed by atoms with Crippen LogP contribution < -0.4 is 0 Å². The fourth-order valence-electron chi connectivity index (χ4n) is 8.73. The lowest BCUT2D eigenvalue weighted by molar-refractivity contribution is -0.301. The van der Waals surface area contributed by atoms with Gasteiger partial charge in [-0.1, -0.05) is 224 Å². The molecule has 0 aliphatic carbocycles. The highest BCUT2D eigenvalue weighted by molar-refractivity contribution is 5.74. The molecule has 6 atom stereocenters. The number of rotatable bonds is 49. The summed E-state index contributed by atoms with van der Waals surface area (Å²) in [6.07, 6.45) is 42.6. The van der Waals surface area contributed by atoms with Crippen LogP contribution in [0.15, 0.2) is 36.5 Å². The van der Waals surface area contributed by atoms with Crippen molar-refractivity contribution >= 4 is 23.9 Å². The van der Waals surface area contributed by atoms with Crippen LogP contribution in [0.1, 0.15) is 265 Å². The quantitative estimate of drug-likeness (QED) is 0.0228. The molecule has 71 heavy (non-hydrogen) atoms. The first-order chi connectivity index (χ1) is 34.6. The van der Waals surface area contributed by atoms with E-state index in [1.807, 2.05) is 0 Å². The van der Waals surface area contributed by atoms with Gasteiger partial charge in [-0.2, -0.15) is 0 Å². The first-order valence-corrected chi connectivity index (χ1v) is 29.0. The zero-order valence-electron chi connectivity index (χ0n) is 45.2. The predicted octanol–water partition coefficient (Wildman–Crippen LogP) is 14.5. The normalized spacial score (nSPS) is 18.7. The largest absolute Gasteiger partial charge is 0.479 e. The van der Waals surface area contributed by atoms with E-state index < -0.39 is 67.3 Å². The minimum absolute atomic E-state index is 0.0493. The Kier molecular flexibility index (Phi) is 44.5. The van der Waals surface area contributed by atoms with Crippen molar-refractivity contribution in [2.24, 2.45) is 0 Å². The molecule has 1 rings (SSSR count). The molecule has 0 aromatic heterocycles. The average molecular weight is 1010 g/mol. The Morgan fingerprint density at radius 3 is 1.31 bits per heavy atom. The third-order valence-corrected chi connectivity index (χ3v) is 13.2. The van der Waals surface area contributed by atoms with Gasteiger partial charge in [0.2, 0.25) is 0 Å². The second-order valence-electron chi connectivity index (χ2n) is 19.9. The molecular weight excluding hydrogens is 901 g/mol. The molecule has 1 heterocycles. The SMILES string of the molecule is CCCCC/C=C\C/C=C\C/C=C\CCCCCCCCC(=O)OC1C(OCC(COC(=O)CCCCCCCCCCCCC)OC(=O)CCCCCCCCCCCCC)OC(C(=O)O)C(O)C1O. The van der Waals surface area contributed by atoms with Gasteiger partial charge in [0.15, 0.2) is 24.6 Å². The Morgan fingerprint density at radius 1 is 0.465 bits per heavy atom. The van der Waals surface area contributed by atoms with Gasteiger partial charge in [0.1, 0.15) is 18.8 Å². The zero-order chi connectivity index (χ0) is 51.8. The monoisotopic (exact) mass is 1000 g/mol. The van der Waals surface area contributed by atoms with Crippen LogP contribution in [0.25, 0.3) is 0 Å². The van der Waals surface area contributed by atoms with Crippen LogP contribution >= 0.6 is 0 Å². The summed E-state index contributed by atoms with van der Waals surface area (Å²) in [5.41, 5.74) is 0. The van der Waals surface area contributed by atoms with E-state index in [1.165, 1.54) is 116 Å². The van der Waals surface area contributed by atoms with E-state index in [0.717, 1.165) is 89.9 Å². The molecule has 0 aromatic rings. The summed E-state index contributed by atoms with van der Waals surface area (Å²) in [5.74, 6) is -3.11. The van der Waals surface area contributed by atoms with Crippen molar-refractivity contribution in [1.82, 2.24) is 0 Å². The Balaban J connectivity index is 2.66. The van der Waals surface area contributed by atoms with Gasteiger partial charge in [0, 0.05) is 19.3 Å². The number of unbranched alkanes of at least 4 members (excludes halogenated alkanes) is 29. The van der Waals surface area contributed by atoms with E-state index in [0.29, 0.717) is 19.3 Å². The van der Waals surface area contributed by atoms with Gasteiger partial charge in [0.25, 0.3) is 0 Å². The highest BCUT2D eigenvalue weighted by Crippen LogP contribution is 2.26. The van der Waals surface area contributed by atoms with Crippen LogP contribution in [0, 0.1) is 0 Å². The number of aliphatic carboxylic acids is 1. The minimum Gasteiger partial charge on any atom is -0.479 e. The van der Waals surface area contributed by atoms with Crippen molar-refractivity contribution in [3.05, 3.63) is 36.5 Å². The maximum Gasteiger partial charge on any atom is 0.335 e. The molecule has 0 bridgehead atoms. The van der Waals surface area contributed by atoms with E-state index in [-0.39, 0.29) is 25.9 Å². The first kappa shape index (κ1) is 66.0. The molecule has 1 saturated heterocycles. The summed E-state index contributed by atoms with van der Waals surface area (Å²) in [6, 6.07) is 0. The summed E-state index contributed by atoms with van der Waals surface area (Å²) < 4.78 is 28.4. The van der Waals surface area contributed by atoms with Crippen LogP contribution in [-0.2, 0) is 42.9 Å². The molecule has 6 unspecified atom stereocenters.